The zero-order valence-electron chi connectivity index (χ0n) is 11.3. The zero-order valence-corrected chi connectivity index (χ0v) is 11.3. The summed E-state index contributed by atoms with van der Waals surface area (Å²) in [7, 11) is 0. The number of benzene rings is 1. The lowest BCUT2D eigenvalue weighted by Gasteiger charge is -2.13. The average molecular weight is 219 g/mol. The predicted molar refractivity (Wildman–Crippen MR) is 75.6 cm³/mol. The topological polar surface area (TPSA) is 26.0 Å². The number of rotatable bonds is 0. The quantitative estimate of drug-likeness (QED) is 0.635. The number of aryl methyl sites for hydroxylation is 2. The fraction of sp³-hybridized carbons (Fsp3) is 0.467. The summed E-state index contributed by atoms with van der Waals surface area (Å²) in [6, 6.07) is 4.29. The van der Waals surface area contributed by atoms with Crippen molar-refractivity contribution in [2.45, 2.75) is 47.5 Å². The number of fused-ring (bicyclic) bond motifs is 1. The molecule has 16 heavy (non-hydrogen) atoms. The van der Waals surface area contributed by atoms with Crippen molar-refractivity contribution < 1.29 is 0 Å². The molecule has 0 aromatic heterocycles. The Bertz CT molecular complexity index is 338. The molecule has 0 atom stereocenters. The van der Waals surface area contributed by atoms with E-state index in [1.807, 2.05) is 27.7 Å². The van der Waals surface area contributed by atoms with Crippen molar-refractivity contribution in [3.05, 3.63) is 34.9 Å². The number of allylic oxidation sites excluding steroid dienone is 1. The van der Waals surface area contributed by atoms with Crippen molar-refractivity contribution >= 4 is 11.8 Å². The molecule has 0 heterocycles. The first-order valence-corrected chi connectivity index (χ1v) is 6.33. The first-order valence-electron chi connectivity index (χ1n) is 6.33. The van der Waals surface area contributed by atoms with Gasteiger partial charge in [-0.3, -0.25) is 0 Å². The van der Waals surface area contributed by atoms with Gasteiger partial charge in [0.2, 0.25) is 0 Å². The highest BCUT2D eigenvalue weighted by atomic mass is 14.6. The van der Waals surface area contributed by atoms with Gasteiger partial charge in [-0.25, -0.2) is 0 Å². The normalized spacial score (nSPS) is 11.6. The van der Waals surface area contributed by atoms with E-state index >= 15 is 0 Å². The van der Waals surface area contributed by atoms with E-state index in [1.54, 1.807) is 0 Å². The SMILES string of the molecule is CC.CC.Cc1ccc2c(c1N)C=CCC2. The van der Waals surface area contributed by atoms with Gasteiger partial charge < -0.3 is 5.73 Å². The van der Waals surface area contributed by atoms with E-state index in [1.165, 1.54) is 16.7 Å². The molecule has 0 radical (unpaired) electrons. The minimum absolute atomic E-state index is 0.948. The molecular formula is C15H25N. The molecule has 0 fully saturated rings. The summed E-state index contributed by atoms with van der Waals surface area (Å²) >= 11 is 0. The lowest BCUT2D eigenvalue weighted by Crippen LogP contribution is -2.00. The van der Waals surface area contributed by atoms with Gasteiger partial charge >= 0.3 is 0 Å². The van der Waals surface area contributed by atoms with Gasteiger partial charge in [-0.15, -0.1) is 0 Å². The van der Waals surface area contributed by atoms with Crippen LogP contribution in [0.25, 0.3) is 6.08 Å². The molecule has 2 N–H and O–H groups in total. The Morgan fingerprint density at radius 1 is 1.06 bits per heavy atom. The second-order valence-corrected chi connectivity index (χ2v) is 3.31. The van der Waals surface area contributed by atoms with Crippen LogP contribution >= 0.6 is 0 Å². The highest BCUT2D eigenvalue weighted by Crippen LogP contribution is 2.26. The Hall–Kier alpha value is -1.24. The molecule has 2 rings (SSSR count). The summed E-state index contributed by atoms with van der Waals surface area (Å²) in [6.45, 7) is 10.1. The number of anilines is 1. The van der Waals surface area contributed by atoms with Crippen molar-refractivity contribution in [3.63, 3.8) is 0 Å². The van der Waals surface area contributed by atoms with E-state index in [0.717, 1.165) is 18.5 Å². The lowest BCUT2D eigenvalue weighted by molar-refractivity contribution is 0.985. The monoisotopic (exact) mass is 219 g/mol. The first kappa shape index (κ1) is 14.8. The minimum Gasteiger partial charge on any atom is -0.398 e. The van der Waals surface area contributed by atoms with Gasteiger partial charge in [0.25, 0.3) is 0 Å². The van der Waals surface area contributed by atoms with E-state index in [-0.39, 0.29) is 0 Å². The molecular weight excluding hydrogens is 194 g/mol. The number of hydrogen-bond acceptors (Lipinski definition) is 1. The van der Waals surface area contributed by atoms with Crippen molar-refractivity contribution in [1.29, 1.82) is 0 Å². The summed E-state index contributed by atoms with van der Waals surface area (Å²) in [5, 5.41) is 0. The van der Waals surface area contributed by atoms with Crippen LogP contribution in [0.4, 0.5) is 5.69 Å². The fourth-order valence-corrected chi connectivity index (χ4v) is 1.65. The summed E-state index contributed by atoms with van der Waals surface area (Å²) in [5.74, 6) is 0. The standard InChI is InChI=1S/C11H13N.2C2H6/c1-8-6-7-9-4-2-3-5-10(9)11(8)12;2*1-2/h3,5-7H,2,4,12H2,1H3;2*1-2H3. The third-order valence-electron chi connectivity index (χ3n) is 2.46. The smallest absolute Gasteiger partial charge is 0.0420 e. The van der Waals surface area contributed by atoms with E-state index in [9.17, 15) is 0 Å². The summed E-state index contributed by atoms with van der Waals surface area (Å²) in [4.78, 5) is 0. The van der Waals surface area contributed by atoms with Crippen LogP contribution in [0.15, 0.2) is 18.2 Å². The highest BCUT2D eigenvalue weighted by Gasteiger charge is 2.08. The lowest BCUT2D eigenvalue weighted by atomic mass is 9.94. The largest absolute Gasteiger partial charge is 0.398 e. The van der Waals surface area contributed by atoms with Crippen LogP contribution in [0.3, 0.4) is 0 Å². The number of nitrogens with two attached hydrogens (primary N) is 1. The maximum Gasteiger partial charge on any atom is 0.0420 e. The van der Waals surface area contributed by atoms with Crippen LogP contribution < -0.4 is 5.73 Å². The molecule has 0 spiro atoms. The highest BCUT2D eigenvalue weighted by molar-refractivity contribution is 5.71. The van der Waals surface area contributed by atoms with Gasteiger partial charge in [0, 0.05) is 11.3 Å². The molecule has 0 aliphatic heterocycles. The molecule has 1 aliphatic rings. The van der Waals surface area contributed by atoms with Crippen LogP contribution in [-0.4, -0.2) is 0 Å². The molecule has 0 amide bonds. The molecule has 0 saturated heterocycles. The van der Waals surface area contributed by atoms with Crippen LogP contribution in [0.2, 0.25) is 0 Å². The Kier molecular flexibility index (Phi) is 7.36. The van der Waals surface area contributed by atoms with Gasteiger partial charge in [-0.05, 0) is 30.9 Å². The minimum atomic E-state index is 0.948. The summed E-state index contributed by atoms with van der Waals surface area (Å²) in [5.41, 5.74) is 10.7. The van der Waals surface area contributed by atoms with Crippen molar-refractivity contribution in [2.75, 3.05) is 5.73 Å². The Balaban J connectivity index is 0.000000509. The van der Waals surface area contributed by atoms with Gasteiger partial charge in [-0.1, -0.05) is 52.0 Å². The third-order valence-corrected chi connectivity index (χ3v) is 2.46. The second kappa shape index (κ2) is 7.98. The van der Waals surface area contributed by atoms with Crippen LogP contribution in [0.5, 0.6) is 0 Å². The molecule has 0 bridgehead atoms. The van der Waals surface area contributed by atoms with Crippen molar-refractivity contribution in [1.82, 2.24) is 0 Å². The number of nitrogen functional groups attached to an aromatic ring is 1. The van der Waals surface area contributed by atoms with E-state index in [2.05, 4.69) is 31.2 Å². The average Bonchev–Trinajstić information content (AvgIpc) is 2.39. The summed E-state index contributed by atoms with van der Waals surface area (Å²) < 4.78 is 0. The molecule has 1 aliphatic carbocycles. The Morgan fingerprint density at radius 2 is 1.69 bits per heavy atom. The van der Waals surface area contributed by atoms with Gasteiger partial charge in [0.1, 0.15) is 0 Å². The van der Waals surface area contributed by atoms with Gasteiger partial charge in [0.05, 0.1) is 0 Å². The summed E-state index contributed by atoms with van der Waals surface area (Å²) in [6.07, 6.45) is 6.62. The molecule has 1 aromatic carbocycles. The van der Waals surface area contributed by atoms with Crippen molar-refractivity contribution in [3.8, 4) is 0 Å². The molecule has 1 aromatic rings. The molecule has 1 heteroatoms. The third kappa shape index (κ3) is 3.41. The first-order chi connectivity index (χ1) is 7.79. The predicted octanol–water partition coefficient (Wildman–Crippen LogP) is 4.59. The van der Waals surface area contributed by atoms with E-state index < -0.39 is 0 Å². The Morgan fingerprint density at radius 3 is 2.31 bits per heavy atom. The Labute approximate surface area is 100 Å². The fourth-order valence-electron chi connectivity index (χ4n) is 1.65. The number of hydrogen-bond donors (Lipinski definition) is 1. The second-order valence-electron chi connectivity index (χ2n) is 3.31. The molecule has 1 nitrogen and oxygen atoms in total. The van der Waals surface area contributed by atoms with Gasteiger partial charge in [-0.2, -0.15) is 0 Å². The van der Waals surface area contributed by atoms with Crippen LogP contribution in [-0.2, 0) is 6.42 Å². The maximum atomic E-state index is 5.95. The van der Waals surface area contributed by atoms with E-state index in [4.69, 9.17) is 5.73 Å². The maximum absolute atomic E-state index is 5.95. The zero-order chi connectivity index (χ0) is 12.6. The van der Waals surface area contributed by atoms with Gasteiger partial charge in [0.15, 0.2) is 0 Å². The van der Waals surface area contributed by atoms with Crippen LogP contribution in [0, 0.1) is 6.92 Å². The van der Waals surface area contributed by atoms with Crippen LogP contribution in [0.1, 0.15) is 50.8 Å². The van der Waals surface area contributed by atoms with E-state index in [0.29, 0.717) is 0 Å². The molecule has 0 saturated carbocycles. The van der Waals surface area contributed by atoms with Crippen molar-refractivity contribution in [2.24, 2.45) is 0 Å². The molecule has 90 valence electrons. The molecule has 0 unspecified atom stereocenters.